The van der Waals surface area contributed by atoms with Crippen molar-refractivity contribution in [2.45, 2.75) is 26.7 Å². The largest absolute Gasteiger partial charge is 0.497 e. The minimum Gasteiger partial charge on any atom is -0.497 e. The summed E-state index contributed by atoms with van der Waals surface area (Å²) < 4.78 is 5.29. The molecule has 116 valence electrons. The number of pyridine rings is 1. The van der Waals surface area contributed by atoms with Crippen molar-refractivity contribution in [2.24, 2.45) is 16.5 Å². The maximum atomic E-state index is 5.86. The van der Waals surface area contributed by atoms with Crippen molar-refractivity contribution in [3.8, 4) is 5.75 Å². The van der Waals surface area contributed by atoms with Crippen LogP contribution in [0.1, 0.15) is 32.4 Å². The van der Waals surface area contributed by atoms with Gasteiger partial charge in [0.1, 0.15) is 11.6 Å². The zero-order valence-corrected chi connectivity index (χ0v) is 13.4. The van der Waals surface area contributed by atoms with E-state index in [0.717, 1.165) is 22.2 Å². The minimum absolute atomic E-state index is 0.277. The molecule has 4 N–H and O–H groups in total. The standard InChI is InChI=1S/C17H22N4O/c1-10(2)17-14-6-5-13(22-4)8-12(14)9-16(21-17)20-15(19)7-11(3)18/h5-10H,18H2,1-4H3,(H2,19,20,21)/b11-7-. The number of nitrogens with two attached hydrogens (primary N) is 2. The van der Waals surface area contributed by atoms with E-state index in [1.165, 1.54) is 0 Å². The smallest absolute Gasteiger partial charge is 0.155 e. The van der Waals surface area contributed by atoms with Crippen LogP contribution in [0.2, 0.25) is 0 Å². The van der Waals surface area contributed by atoms with Crippen molar-refractivity contribution in [1.29, 1.82) is 0 Å². The van der Waals surface area contributed by atoms with Crippen LogP contribution in [-0.4, -0.2) is 17.9 Å². The summed E-state index contributed by atoms with van der Waals surface area (Å²) in [5.41, 5.74) is 13.1. The van der Waals surface area contributed by atoms with E-state index in [4.69, 9.17) is 16.2 Å². The molecular formula is C17H22N4O. The molecule has 0 aliphatic heterocycles. The van der Waals surface area contributed by atoms with E-state index in [0.29, 0.717) is 17.4 Å². The molecule has 0 fully saturated rings. The topological polar surface area (TPSA) is 86.5 Å². The Morgan fingerprint density at radius 1 is 1.27 bits per heavy atom. The molecule has 0 atom stereocenters. The number of hydrogen-bond acceptors (Lipinski definition) is 4. The van der Waals surface area contributed by atoms with Gasteiger partial charge in [0.2, 0.25) is 0 Å². The molecule has 2 aromatic rings. The lowest BCUT2D eigenvalue weighted by molar-refractivity contribution is 0.415. The molecule has 22 heavy (non-hydrogen) atoms. The number of fused-ring (bicyclic) bond motifs is 1. The molecular weight excluding hydrogens is 276 g/mol. The van der Waals surface area contributed by atoms with Crippen LogP contribution in [0.5, 0.6) is 5.75 Å². The lowest BCUT2D eigenvalue weighted by Gasteiger charge is -2.11. The quantitative estimate of drug-likeness (QED) is 0.670. The Morgan fingerprint density at radius 3 is 2.59 bits per heavy atom. The molecule has 0 bridgehead atoms. The number of methoxy groups -OCH3 is 1. The molecule has 0 saturated heterocycles. The highest BCUT2D eigenvalue weighted by Gasteiger charge is 2.10. The highest BCUT2D eigenvalue weighted by Crippen LogP contribution is 2.30. The molecule has 5 nitrogen and oxygen atoms in total. The van der Waals surface area contributed by atoms with Crippen LogP contribution in [0, 0.1) is 0 Å². The van der Waals surface area contributed by atoms with Crippen LogP contribution in [0.15, 0.2) is 41.0 Å². The first-order chi connectivity index (χ1) is 10.4. The van der Waals surface area contributed by atoms with Gasteiger partial charge < -0.3 is 16.2 Å². The molecule has 5 heteroatoms. The van der Waals surface area contributed by atoms with Crippen molar-refractivity contribution in [2.75, 3.05) is 7.11 Å². The lowest BCUT2D eigenvalue weighted by Crippen LogP contribution is -2.10. The molecule has 0 spiro atoms. The van der Waals surface area contributed by atoms with Crippen molar-refractivity contribution in [3.63, 3.8) is 0 Å². The number of nitrogens with zero attached hydrogens (tertiary/aromatic N) is 2. The summed E-state index contributed by atoms with van der Waals surface area (Å²) in [5, 5.41) is 2.12. The average molecular weight is 298 g/mol. The van der Waals surface area contributed by atoms with Gasteiger partial charge in [-0.05, 0) is 48.6 Å². The Morgan fingerprint density at radius 2 is 2.00 bits per heavy atom. The van der Waals surface area contributed by atoms with Crippen molar-refractivity contribution >= 4 is 22.4 Å². The van der Waals surface area contributed by atoms with Crippen LogP contribution in [0.25, 0.3) is 10.8 Å². The SMILES string of the molecule is COc1ccc2c(C(C)C)nc(N=C(N)/C=C(/C)N)cc2c1. The van der Waals surface area contributed by atoms with Gasteiger partial charge in [0.15, 0.2) is 5.82 Å². The van der Waals surface area contributed by atoms with Crippen molar-refractivity contribution in [1.82, 2.24) is 4.98 Å². The Hall–Kier alpha value is -2.56. The van der Waals surface area contributed by atoms with E-state index < -0.39 is 0 Å². The Labute approximate surface area is 130 Å². The average Bonchev–Trinajstić information content (AvgIpc) is 2.44. The zero-order chi connectivity index (χ0) is 16.3. The molecule has 0 aliphatic rings. The number of benzene rings is 1. The highest BCUT2D eigenvalue weighted by atomic mass is 16.5. The summed E-state index contributed by atoms with van der Waals surface area (Å²) in [6, 6.07) is 7.84. The summed E-state index contributed by atoms with van der Waals surface area (Å²) in [6.07, 6.45) is 1.62. The molecule has 0 radical (unpaired) electrons. The first-order valence-electron chi connectivity index (χ1n) is 7.17. The van der Waals surface area contributed by atoms with Gasteiger partial charge in [-0.15, -0.1) is 0 Å². The number of amidine groups is 1. The summed E-state index contributed by atoms with van der Waals surface area (Å²) in [7, 11) is 1.65. The van der Waals surface area contributed by atoms with Crippen molar-refractivity contribution < 1.29 is 4.74 Å². The predicted octanol–water partition coefficient (Wildman–Crippen LogP) is 3.22. The second-order valence-corrected chi connectivity index (χ2v) is 5.53. The normalized spacial score (nSPS) is 13.0. The lowest BCUT2D eigenvalue weighted by atomic mass is 10.0. The summed E-state index contributed by atoms with van der Waals surface area (Å²) in [6.45, 7) is 5.97. The zero-order valence-electron chi connectivity index (χ0n) is 13.4. The van der Waals surface area contributed by atoms with E-state index in [1.807, 2.05) is 24.3 Å². The first-order valence-corrected chi connectivity index (χ1v) is 7.17. The van der Waals surface area contributed by atoms with E-state index in [-0.39, 0.29) is 5.92 Å². The summed E-state index contributed by atoms with van der Waals surface area (Å²) in [5.74, 6) is 1.98. The van der Waals surface area contributed by atoms with E-state index >= 15 is 0 Å². The van der Waals surface area contributed by atoms with Gasteiger partial charge >= 0.3 is 0 Å². The number of allylic oxidation sites excluding steroid dienone is 1. The van der Waals surface area contributed by atoms with Crippen LogP contribution >= 0.6 is 0 Å². The molecule has 1 heterocycles. The van der Waals surface area contributed by atoms with E-state index in [1.54, 1.807) is 20.1 Å². The molecule has 1 aromatic heterocycles. The Kier molecular flexibility index (Phi) is 4.65. The fraction of sp³-hybridized carbons (Fsp3) is 0.294. The number of ether oxygens (including phenoxy) is 1. The Bertz CT molecular complexity index is 744. The minimum atomic E-state index is 0.277. The third kappa shape index (κ3) is 3.55. The molecule has 0 aliphatic carbocycles. The van der Waals surface area contributed by atoms with Gasteiger partial charge in [0.05, 0.1) is 12.8 Å². The molecule has 2 rings (SSSR count). The summed E-state index contributed by atoms with van der Waals surface area (Å²) in [4.78, 5) is 8.96. The van der Waals surface area contributed by atoms with Gasteiger partial charge in [-0.2, -0.15) is 0 Å². The number of hydrogen-bond donors (Lipinski definition) is 2. The fourth-order valence-corrected chi connectivity index (χ4v) is 2.27. The van der Waals surface area contributed by atoms with Gasteiger partial charge in [0, 0.05) is 11.1 Å². The third-order valence-corrected chi connectivity index (χ3v) is 3.22. The maximum Gasteiger partial charge on any atom is 0.155 e. The second-order valence-electron chi connectivity index (χ2n) is 5.53. The van der Waals surface area contributed by atoms with Gasteiger partial charge in [-0.25, -0.2) is 9.98 Å². The third-order valence-electron chi connectivity index (χ3n) is 3.22. The maximum absolute atomic E-state index is 5.86. The van der Waals surface area contributed by atoms with Crippen LogP contribution < -0.4 is 16.2 Å². The Balaban J connectivity index is 2.63. The summed E-state index contributed by atoms with van der Waals surface area (Å²) >= 11 is 0. The fourth-order valence-electron chi connectivity index (χ4n) is 2.27. The van der Waals surface area contributed by atoms with Crippen LogP contribution in [0.3, 0.4) is 0 Å². The van der Waals surface area contributed by atoms with E-state index in [9.17, 15) is 0 Å². The molecule has 0 amide bonds. The number of aliphatic imine (C=N–C) groups is 1. The van der Waals surface area contributed by atoms with E-state index in [2.05, 4.69) is 23.8 Å². The molecule has 1 aromatic carbocycles. The second kappa shape index (κ2) is 6.47. The number of aromatic nitrogens is 1. The van der Waals surface area contributed by atoms with Gasteiger partial charge in [-0.3, -0.25) is 0 Å². The molecule has 0 unspecified atom stereocenters. The number of rotatable bonds is 4. The highest BCUT2D eigenvalue weighted by molar-refractivity contribution is 5.95. The van der Waals surface area contributed by atoms with Gasteiger partial charge in [-0.1, -0.05) is 13.8 Å². The van der Waals surface area contributed by atoms with Gasteiger partial charge in [0.25, 0.3) is 0 Å². The molecule has 0 saturated carbocycles. The van der Waals surface area contributed by atoms with Crippen LogP contribution in [-0.2, 0) is 0 Å². The predicted molar refractivity (Wildman–Crippen MR) is 91.6 cm³/mol. The first kappa shape index (κ1) is 15.8. The monoisotopic (exact) mass is 298 g/mol. The van der Waals surface area contributed by atoms with Crippen molar-refractivity contribution in [3.05, 3.63) is 41.7 Å². The van der Waals surface area contributed by atoms with Crippen LogP contribution in [0.4, 0.5) is 5.82 Å².